The summed E-state index contributed by atoms with van der Waals surface area (Å²) in [4.78, 5) is 2.40. The summed E-state index contributed by atoms with van der Waals surface area (Å²) in [6, 6.07) is 6.43. The minimum absolute atomic E-state index is 0.0569. The van der Waals surface area contributed by atoms with Crippen LogP contribution in [0.25, 0.3) is 0 Å². The summed E-state index contributed by atoms with van der Waals surface area (Å²) in [5.74, 6) is 0.397. The summed E-state index contributed by atoms with van der Waals surface area (Å²) >= 11 is 0. The van der Waals surface area contributed by atoms with E-state index >= 15 is 0 Å². The van der Waals surface area contributed by atoms with Crippen molar-refractivity contribution in [2.24, 2.45) is 5.73 Å². The molecule has 80 valence electrons. The Hall–Kier alpha value is -1.06. The van der Waals surface area contributed by atoms with Crippen molar-refractivity contribution in [1.82, 2.24) is 4.90 Å². The number of rotatable bonds is 1. The van der Waals surface area contributed by atoms with Gasteiger partial charge in [-0.2, -0.15) is 0 Å². The van der Waals surface area contributed by atoms with Gasteiger partial charge in [-0.1, -0.05) is 12.1 Å². The van der Waals surface area contributed by atoms with Gasteiger partial charge >= 0.3 is 0 Å². The highest BCUT2D eigenvalue weighted by molar-refractivity contribution is 5.42. The first-order chi connectivity index (χ1) is 7.25. The first-order valence-electron chi connectivity index (χ1n) is 5.56. The van der Waals surface area contributed by atoms with Crippen molar-refractivity contribution >= 4 is 0 Å². The number of nitrogens with zero attached hydrogens (tertiary/aromatic N) is 1. The molecule has 0 bridgehead atoms. The number of fused-ring (bicyclic) bond motifs is 1. The van der Waals surface area contributed by atoms with E-state index < -0.39 is 0 Å². The Labute approximate surface area is 89.5 Å². The maximum atomic E-state index is 9.81. The minimum Gasteiger partial charge on any atom is -0.508 e. The fourth-order valence-electron chi connectivity index (χ4n) is 2.45. The average Bonchev–Trinajstić information content (AvgIpc) is 3.02. The number of benzene rings is 1. The van der Waals surface area contributed by atoms with Gasteiger partial charge in [-0.15, -0.1) is 0 Å². The second kappa shape index (κ2) is 3.22. The summed E-state index contributed by atoms with van der Waals surface area (Å²) in [6.07, 6.45) is 2.57. The van der Waals surface area contributed by atoms with Crippen molar-refractivity contribution in [3.8, 4) is 5.75 Å². The molecule has 1 saturated carbocycles. The molecule has 3 N–H and O–H groups in total. The highest BCUT2D eigenvalue weighted by Gasteiger charge is 2.34. The van der Waals surface area contributed by atoms with E-state index in [1.165, 1.54) is 12.8 Å². The van der Waals surface area contributed by atoms with Crippen molar-refractivity contribution in [3.63, 3.8) is 0 Å². The molecular formula is C12H16N2O. The molecule has 1 fully saturated rings. The first-order valence-corrected chi connectivity index (χ1v) is 5.56. The Morgan fingerprint density at radius 3 is 2.87 bits per heavy atom. The van der Waals surface area contributed by atoms with Gasteiger partial charge < -0.3 is 10.8 Å². The highest BCUT2D eigenvalue weighted by atomic mass is 16.3. The number of phenols is 1. The Balaban J connectivity index is 1.97. The Bertz CT molecular complexity index is 387. The number of nitrogens with two attached hydrogens (primary N) is 1. The molecule has 1 aromatic carbocycles. The van der Waals surface area contributed by atoms with Gasteiger partial charge in [0.2, 0.25) is 0 Å². The van der Waals surface area contributed by atoms with Crippen LogP contribution in [0, 0.1) is 0 Å². The highest BCUT2D eigenvalue weighted by Crippen LogP contribution is 2.37. The second-order valence-corrected chi connectivity index (χ2v) is 4.61. The van der Waals surface area contributed by atoms with Crippen molar-refractivity contribution in [2.45, 2.75) is 31.5 Å². The summed E-state index contributed by atoms with van der Waals surface area (Å²) in [5, 5.41) is 9.81. The number of hydrogen-bond donors (Lipinski definition) is 2. The predicted molar refractivity (Wildman–Crippen MR) is 58.5 cm³/mol. The van der Waals surface area contributed by atoms with Crippen LogP contribution in [-0.4, -0.2) is 22.6 Å². The van der Waals surface area contributed by atoms with Crippen LogP contribution in [0.1, 0.15) is 30.0 Å². The number of hydrogen-bond acceptors (Lipinski definition) is 3. The molecule has 3 heteroatoms. The van der Waals surface area contributed by atoms with Crippen molar-refractivity contribution in [1.29, 1.82) is 0 Å². The third kappa shape index (κ3) is 1.52. The molecule has 0 aromatic heterocycles. The summed E-state index contributed by atoms with van der Waals surface area (Å²) in [7, 11) is 0. The van der Waals surface area contributed by atoms with E-state index in [0.717, 1.165) is 24.2 Å². The van der Waals surface area contributed by atoms with E-state index in [-0.39, 0.29) is 6.04 Å². The van der Waals surface area contributed by atoms with Crippen LogP contribution in [0.15, 0.2) is 18.2 Å². The van der Waals surface area contributed by atoms with Crippen LogP contribution in [0.2, 0.25) is 0 Å². The molecule has 1 aliphatic heterocycles. The van der Waals surface area contributed by atoms with E-state index in [2.05, 4.69) is 4.90 Å². The summed E-state index contributed by atoms with van der Waals surface area (Å²) in [5.41, 5.74) is 8.27. The molecule has 1 aromatic rings. The van der Waals surface area contributed by atoms with E-state index in [1.807, 2.05) is 12.1 Å². The normalized spacial score (nSPS) is 26.3. The van der Waals surface area contributed by atoms with Gasteiger partial charge in [0.05, 0.1) is 0 Å². The molecule has 1 atom stereocenters. The zero-order valence-corrected chi connectivity index (χ0v) is 8.69. The molecule has 0 radical (unpaired) electrons. The van der Waals surface area contributed by atoms with E-state index in [9.17, 15) is 5.11 Å². The monoisotopic (exact) mass is 204 g/mol. The van der Waals surface area contributed by atoms with Gasteiger partial charge in [0.25, 0.3) is 0 Å². The van der Waals surface area contributed by atoms with Crippen LogP contribution < -0.4 is 5.73 Å². The van der Waals surface area contributed by atoms with Crippen molar-refractivity contribution in [3.05, 3.63) is 29.3 Å². The van der Waals surface area contributed by atoms with Crippen LogP contribution >= 0.6 is 0 Å². The standard InChI is InChI=1S/C12H16N2O/c13-11-7-14(8-4-5-8)6-10-9(11)2-1-3-12(10)15/h1-3,8,11,15H,4-7,13H2. The van der Waals surface area contributed by atoms with Gasteiger partial charge in [0.1, 0.15) is 5.75 Å². The molecule has 3 rings (SSSR count). The van der Waals surface area contributed by atoms with E-state index in [1.54, 1.807) is 6.07 Å². The quantitative estimate of drug-likeness (QED) is 0.726. The molecule has 1 heterocycles. The first kappa shape index (κ1) is 9.19. The lowest BCUT2D eigenvalue weighted by Gasteiger charge is -2.33. The molecule has 15 heavy (non-hydrogen) atoms. The molecule has 1 unspecified atom stereocenters. The van der Waals surface area contributed by atoms with E-state index in [0.29, 0.717) is 11.8 Å². The van der Waals surface area contributed by atoms with Gasteiger partial charge in [-0.3, -0.25) is 4.90 Å². The van der Waals surface area contributed by atoms with Gasteiger partial charge in [0.15, 0.2) is 0 Å². The fourth-order valence-corrected chi connectivity index (χ4v) is 2.45. The van der Waals surface area contributed by atoms with Crippen LogP contribution in [0.5, 0.6) is 5.75 Å². The Morgan fingerprint density at radius 1 is 1.33 bits per heavy atom. The molecule has 0 spiro atoms. The molecule has 2 aliphatic rings. The predicted octanol–water partition coefficient (Wildman–Crippen LogP) is 1.37. The SMILES string of the molecule is NC1CN(C2CC2)Cc2c(O)cccc21. The van der Waals surface area contributed by atoms with Gasteiger partial charge in [-0.05, 0) is 24.5 Å². The smallest absolute Gasteiger partial charge is 0.120 e. The fraction of sp³-hybridized carbons (Fsp3) is 0.500. The number of phenolic OH excluding ortho intramolecular Hbond substituents is 1. The van der Waals surface area contributed by atoms with Gasteiger partial charge in [-0.25, -0.2) is 0 Å². The zero-order chi connectivity index (χ0) is 10.4. The molecule has 3 nitrogen and oxygen atoms in total. The zero-order valence-electron chi connectivity index (χ0n) is 8.69. The Morgan fingerprint density at radius 2 is 2.13 bits per heavy atom. The summed E-state index contributed by atoms with van der Waals surface area (Å²) < 4.78 is 0. The van der Waals surface area contributed by atoms with Gasteiger partial charge in [0, 0.05) is 30.7 Å². The van der Waals surface area contributed by atoms with E-state index in [4.69, 9.17) is 5.73 Å². The molecule has 0 amide bonds. The Kier molecular flexibility index (Phi) is 1.97. The molecule has 0 saturated heterocycles. The summed E-state index contributed by atoms with van der Waals surface area (Å²) in [6.45, 7) is 1.79. The maximum Gasteiger partial charge on any atom is 0.120 e. The third-order valence-corrected chi connectivity index (χ3v) is 3.44. The van der Waals surface area contributed by atoms with Crippen molar-refractivity contribution < 1.29 is 5.11 Å². The van der Waals surface area contributed by atoms with Crippen LogP contribution in [0.4, 0.5) is 0 Å². The number of aromatic hydroxyl groups is 1. The topological polar surface area (TPSA) is 49.5 Å². The lowest BCUT2D eigenvalue weighted by Crippen LogP contribution is -2.38. The third-order valence-electron chi connectivity index (χ3n) is 3.44. The minimum atomic E-state index is 0.0569. The van der Waals surface area contributed by atoms with Crippen LogP contribution in [-0.2, 0) is 6.54 Å². The van der Waals surface area contributed by atoms with Crippen LogP contribution in [0.3, 0.4) is 0 Å². The van der Waals surface area contributed by atoms with Crippen molar-refractivity contribution in [2.75, 3.05) is 6.54 Å². The second-order valence-electron chi connectivity index (χ2n) is 4.61. The largest absolute Gasteiger partial charge is 0.508 e. The maximum absolute atomic E-state index is 9.81. The lowest BCUT2D eigenvalue weighted by atomic mass is 9.95. The molecule has 1 aliphatic carbocycles. The molecular weight excluding hydrogens is 188 g/mol. The lowest BCUT2D eigenvalue weighted by molar-refractivity contribution is 0.217. The average molecular weight is 204 g/mol.